The predicted molar refractivity (Wildman–Crippen MR) is 141 cm³/mol. The summed E-state index contributed by atoms with van der Waals surface area (Å²) in [6.45, 7) is 3.78. The molecule has 1 aliphatic heterocycles. The number of fused-ring (bicyclic) bond motifs is 3. The summed E-state index contributed by atoms with van der Waals surface area (Å²) in [4.78, 5) is 41.4. The first-order valence-electron chi connectivity index (χ1n) is 13.7. The van der Waals surface area contributed by atoms with Crippen LogP contribution in [0.25, 0.3) is 11.0 Å². The zero-order chi connectivity index (χ0) is 25.7. The molecule has 3 atom stereocenters. The quantitative estimate of drug-likeness (QED) is 0.457. The number of amides is 1. The van der Waals surface area contributed by atoms with Crippen LogP contribution in [0.4, 0.5) is 10.5 Å². The van der Waals surface area contributed by atoms with Crippen LogP contribution in [0.3, 0.4) is 0 Å². The van der Waals surface area contributed by atoms with E-state index in [4.69, 9.17) is 14.7 Å². The molecule has 0 unspecified atom stereocenters. The fourth-order valence-corrected chi connectivity index (χ4v) is 6.37. The van der Waals surface area contributed by atoms with E-state index in [1.807, 2.05) is 18.5 Å². The van der Waals surface area contributed by atoms with Crippen LogP contribution < -0.4 is 4.90 Å². The van der Waals surface area contributed by atoms with E-state index < -0.39 is 0 Å². The van der Waals surface area contributed by atoms with E-state index in [1.54, 1.807) is 11.8 Å². The summed E-state index contributed by atoms with van der Waals surface area (Å²) in [7, 11) is 1.43. The molecule has 6 rings (SSSR count). The average Bonchev–Trinajstić information content (AvgIpc) is 3.69. The summed E-state index contributed by atoms with van der Waals surface area (Å²) in [6.07, 6.45) is 11.9. The SMILES string of the molecule is COC(=O)N1c2ccc3c(nc(Cc4cncc(C5CC5)n4)n3[C@@H]3CCC[C@@H](C(C)=O)C3)c2CC[C@@H]1C. The lowest BCUT2D eigenvalue weighted by Gasteiger charge is -2.34. The minimum atomic E-state index is -0.337. The van der Waals surface area contributed by atoms with Gasteiger partial charge in [-0.05, 0) is 70.9 Å². The van der Waals surface area contributed by atoms with Crippen molar-refractivity contribution < 1.29 is 14.3 Å². The van der Waals surface area contributed by atoms with Crippen molar-refractivity contribution in [1.29, 1.82) is 0 Å². The molecule has 3 heterocycles. The predicted octanol–water partition coefficient (Wildman–Crippen LogP) is 5.52. The molecule has 37 heavy (non-hydrogen) atoms. The Morgan fingerprint density at radius 3 is 2.68 bits per heavy atom. The van der Waals surface area contributed by atoms with Crippen molar-refractivity contribution in [3.8, 4) is 0 Å². The van der Waals surface area contributed by atoms with Gasteiger partial charge in [0.2, 0.25) is 0 Å². The molecule has 194 valence electrons. The summed E-state index contributed by atoms with van der Waals surface area (Å²) in [6, 6.07) is 4.42. The van der Waals surface area contributed by atoms with Crippen molar-refractivity contribution in [1.82, 2.24) is 19.5 Å². The Bertz CT molecular complexity index is 1360. The molecule has 0 saturated heterocycles. The normalized spacial score (nSPS) is 23.6. The number of imidazole rings is 1. The van der Waals surface area contributed by atoms with Gasteiger partial charge in [-0.25, -0.2) is 9.78 Å². The minimum absolute atomic E-state index is 0.0639. The number of benzene rings is 1. The largest absolute Gasteiger partial charge is 0.452 e. The first kappa shape index (κ1) is 24.1. The molecule has 2 fully saturated rings. The van der Waals surface area contributed by atoms with Crippen LogP contribution in [-0.4, -0.2) is 44.5 Å². The van der Waals surface area contributed by atoms with Crippen LogP contribution in [0.1, 0.15) is 93.5 Å². The summed E-state index contributed by atoms with van der Waals surface area (Å²) >= 11 is 0. The van der Waals surface area contributed by atoms with Gasteiger partial charge in [0.15, 0.2) is 0 Å². The van der Waals surface area contributed by atoms with Gasteiger partial charge in [-0.15, -0.1) is 0 Å². The van der Waals surface area contributed by atoms with Gasteiger partial charge in [-0.3, -0.25) is 19.7 Å². The molecule has 3 aromatic rings. The van der Waals surface area contributed by atoms with Gasteiger partial charge in [0, 0.05) is 48.3 Å². The lowest BCUT2D eigenvalue weighted by atomic mass is 9.83. The third-order valence-electron chi connectivity index (χ3n) is 8.52. The Hall–Kier alpha value is -3.29. The number of nitrogens with zero attached hydrogens (tertiary/aromatic N) is 5. The number of carbonyl (C=O) groups is 2. The second-order valence-electron chi connectivity index (χ2n) is 11.1. The number of aryl methyl sites for hydroxylation is 1. The number of carbonyl (C=O) groups excluding carboxylic acids is 2. The highest BCUT2D eigenvalue weighted by atomic mass is 16.5. The number of Topliss-reactive ketones (excluding diaryl/α,β-unsaturated/α-hetero) is 1. The summed E-state index contributed by atoms with van der Waals surface area (Å²) in [5.74, 6) is 1.87. The van der Waals surface area contributed by atoms with E-state index in [1.165, 1.54) is 20.0 Å². The summed E-state index contributed by atoms with van der Waals surface area (Å²) in [5, 5.41) is 0. The molecule has 1 aromatic carbocycles. The second kappa shape index (κ2) is 9.54. The monoisotopic (exact) mass is 501 g/mol. The van der Waals surface area contributed by atoms with Gasteiger partial charge in [-0.1, -0.05) is 6.42 Å². The number of rotatable bonds is 5. The first-order valence-corrected chi connectivity index (χ1v) is 13.7. The van der Waals surface area contributed by atoms with Gasteiger partial charge in [0.1, 0.15) is 11.6 Å². The number of hydrogen-bond donors (Lipinski definition) is 0. The number of methoxy groups -OCH3 is 1. The third kappa shape index (κ3) is 4.40. The lowest BCUT2D eigenvalue weighted by Crippen LogP contribution is -2.42. The number of ketones is 1. The highest BCUT2D eigenvalue weighted by Crippen LogP contribution is 2.41. The molecule has 0 spiro atoms. The van der Waals surface area contributed by atoms with Gasteiger partial charge < -0.3 is 9.30 Å². The highest BCUT2D eigenvalue weighted by Gasteiger charge is 2.34. The second-order valence-corrected chi connectivity index (χ2v) is 11.1. The number of anilines is 1. The molecule has 8 nitrogen and oxygen atoms in total. The zero-order valence-electron chi connectivity index (χ0n) is 21.9. The van der Waals surface area contributed by atoms with Crippen molar-refractivity contribution in [2.24, 2.45) is 5.92 Å². The van der Waals surface area contributed by atoms with Crippen LogP contribution in [0.15, 0.2) is 24.5 Å². The molecule has 1 amide bonds. The van der Waals surface area contributed by atoms with E-state index in [-0.39, 0.29) is 29.9 Å². The van der Waals surface area contributed by atoms with Crippen molar-refractivity contribution in [2.75, 3.05) is 12.0 Å². The van der Waals surface area contributed by atoms with Crippen LogP contribution in [0, 0.1) is 5.92 Å². The minimum Gasteiger partial charge on any atom is -0.452 e. The molecule has 2 saturated carbocycles. The van der Waals surface area contributed by atoms with E-state index in [0.717, 1.165) is 78.0 Å². The lowest BCUT2D eigenvalue weighted by molar-refractivity contribution is -0.122. The van der Waals surface area contributed by atoms with Gasteiger partial charge in [0.25, 0.3) is 0 Å². The van der Waals surface area contributed by atoms with Crippen molar-refractivity contribution in [2.45, 2.75) is 89.6 Å². The van der Waals surface area contributed by atoms with Crippen LogP contribution >= 0.6 is 0 Å². The smallest absolute Gasteiger partial charge is 0.414 e. The fourth-order valence-electron chi connectivity index (χ4n) is 6.37. The average molecular weight is 502 g/mol. The standard InChI is InChI=1S/C29H35N5O3/c1-17-7-10-23-25(33(17)29(36)37-3)11-12-26-28(23)32-27(14-21-15-30-16-24(31-21)19-8-9-19)34(26)22-6-4-5-20(13-22)18(2)35/h11-12,15-17,19-20,22H,4-10,13-14H2,1-3H3/t17-,20+,22+/m0/s1. The van der Waals surface area contributed by atoms with Gasteiger partial charge in [-0.2, -0.15) is 0 Å². The number of ether oxygens (including phenoxy) is 1. The maximum absolute atomic E-state index is 12.7. The molecule has 3 aliphatic rings. The molecular formula is C29H35N5O3. The van der Waals surface area contributed by atoms with Crippen LogP contribution in [-0.2, 0) is 22.4 Å². The van der Waals surface area contributed by atoms with Crippen LogP contribution in [0.5, 0.6) is 0 Å². The summed E-state index contributed by atoms with van der Waals surface area (Å²) in [5.41, 5.74) is 6.01. The topological polar surface area (TPSA) is 90.2 Å². The fraction of sp³-hybridized carbons (Fsp3) is 0.552. The molecule has 2 aromatic heterocycles. The first-order chi connectivity index (χ1) is 17.9. The number of aromatic nitrogens is 4. The van der Waals surface area contributed by atoms with Crippen molar-refractivity contribution in [3.63, 3.8) is 0 Å². The van der Waals surface area contributed by atoms with Crippen molar-refractivity contribution >= 4 is 28.6 Å². The molecule has 0 bridgehead atoms. The Balaban J connectivity index is 1.47. The van der Waals surface area contributed by atoms with Gasteiger partial charge in [0.05, 0.1) is 35.2 Å². The Morgan fingerprint density at radius 2 is 1.92 bits per heavy atom. The molecule has 0 radical (unpaired) electrons. The summed E-state index contributed by atoms with van der Waals surface area (Å²) < 4.78 is 7.49. The van der Waals surface area contributed by atoms with Gasteiger partial charge >= 0.3 is 6.09 Å². The van der Waals surface area contributed by atoms with Crippen LogP contribution in [0.2, 0.25) is 0 Å². The van der Waals surface area contributed by atoms with Crippen molar-refractivity contribution in [3.05, 3.63) is 47.3 Å². The molecular weight excluding hydrogens is 466 g/mol. The third-order valence-corrected chi connectivity index (χ3v) is 8.52. The molecule has 2 aliphatic carbocycles. The van der Waals surface area contributed by atoms with E-state index >= 15 is 0 Å². The van der Waals surface area contributed by atoms with E-state index in [9.17, 15) is 9.59 Å². The number of hydrogen-bond acceptors (Lipinski definition) is 6. The molecule has 8 heteroatoms. The highest BCUT2D eigenvalue weighted by molar-refractivity contribution is 5.95. The Kier molecular flexibility index (Phi) is 6.21. The zero-order valence-corrected chi connectivity index (χ0v) is 21.9. The maximum Gasteiger partial charge on any atom is 0.414 e. The van der Waals surface area contributed by atoms with E-state index in [0.29, 0.717) is 12.3 Å². The maximum atomic E-state index is 12.7. The molecule has 0 N–H and O–H groups in total. The van der Waals surface area contributed by atoms with E-state index in [2.05, 4.69) is 22.5 Å². The Morgan fingerprint density at radius 1 is 1.08 bits per heavy atom. The Labute approximate surface area is 217 Å².